The van der Waals surface area contributed by atoms with Crippen molar-refractivity contribution in [2.45, 2.75) is 13.8 Å². The Morgan fingerprint density at radius 3 is 2.44 bits per heavy atom. The van der Waals surface area contributed by atoms with Gasteiger partial charge in [0.15, 0.2) is 0 Å². The first-order chi connectivity index (χ1) is 8.58. The van der Waals surface area contributed by atoms with Crippen LogP contribution in [0.4, 0.5) is 11.4 Å². The van der Waals surface area contributed by atoms with Crippen molar-refractivity contribution in [2.24, 2.45) is 4.99 Å². The van der Waals surface area contributed by atoms with Gasteiger partial charge in [-0.05, 0) is 43.2 Å². The molecule has 0 radical (unpaired) electrons. The quantitative estimate of drug-likeness (QED) is 0.480. The normalized spacial score (nSPS) is 11.0. The number of hydrogen-bond acceptors (Lipinski definition) is 3. The van der Waals surface area contributed by atoms with Crippen molar-refractivity contribution in [3.63, 3.8) is 0 Å². The van der Waals surface area contributed by atoms with E-state index in [1.54, 1.807) is 24.4 Å². The molecule has 0 saturated heterocycles. The van der Waals surface area contributed by atoms with Gasteiger partial charge >= 0.3 is 0 Å². The lowest BCUT2D eigenvalue weighted by Gasteiger charge is -2.04. The fourth-order valence-corrected chi connectivity index (χ4v) is 1.82. The predicted molar refractivity (Wildman–Crippen MR) is 75.7 cm³/mol. The number of anilines is 1. The molecule has 0 aliphatic heterocycles. The van der Waals surface area contributed by atoms with Crippen LogP contribution in [0, 0.1) is 13.8 Å². The van der Waals surface area contributed by atoms with Gasteiger partial charge in [-0.25, -0.2) is 0 Å². The number of aryl methyl sites for hydroxylation is 2. The number of para-hydroxylation sites is 1. The number of aromatic hydroxyl groups is 1. The van der Waals surface area contributed by atoms with Crippen molar-refractivity contribution in [3.05, 3.63) is 53.1 Å². The Labute approximate surface area is 107 Å². The molecule has 3 nitrogen and oxygen atoms in total. The van der Waals surface area contributed by atoms with Crippen molar-refractivity contribution in [1.29, 1.82) is 0 Å². The number of benzene rings is 2. The maximum Gasteiger partial charge on any atom is 0.124 e. The number of hydrogen-bond donors (Lipinski definition) is 2. The van der Waals surface area contributed by atoms with E-state index in [1.165, 1.54) is 0 Å². The van der Waals surface area contributed by atoms with E-state index in [1.807, 2.05) is 32.0 Å². The van der Waals surface area contributed by atoms with Crippen LogP contribution in [0.3, 0.4) is 0 Å². The van der Waals surface area contributed by atoms with E-state index in [0.717, 1.165) is 16.8 Å². The van der Waals surface area contributed by atoms with Gasteiger partial charge in [-0.2, -0.15) is 0 Å². The molecule has 0 amide bonds. The van der Waals surface area contributed by atoms with Crippen molar-refractivity contribution < 1.29 is 5.11 Å². The molecule has 0 heterocycles. The Morgan fingerprint density at radius 2 is 1.78 bits per heavy atom. The summed E-state index contributed by atoms with van der Waals surface area (Å²) in [5.74, 6) is 0.180. The van der Waals surface area contributed by atoms with E-state index < -0.39 is 0 Å². The zero-order valence-corrected chi connectivity index (χ0v) is 10.5. The third-order valence-corrected chi connectivity index (χ3v) is 2.82. The Balaban J connectivity index is 2.39. The SMILES string of the molecule is Cc1cccc(C)c1/N=C/c1cc(N)ccc1O. The summed E-state index contributed by atoms with van der Waals surface area (Å²) in [5.41, 5.74) is 10.1. The maximum atomic E-state index is 9.70. The number of phenols is 1. The summed E-state index contributed by atoms with van der Waals surface area (Å²) < 4.78 is 0. The van der Waals surface area contributed by atoms with Crippen molar-refractivity contribution in [2.75, 3.05) is 5.73 Å². The molecule has 3 N–H and O–H groups in total. The molecule has 0 fully saturated rings. The van der Waals surface area contributed by atoms with Crippen LogP contribution < -0.4 is 5.73 Å². The van der Waals surface area contributed by atoms with E-state index >= 15 is 0 Å². The summed E-state index contributed by atoms with van der Waals surface area (Å²) in [4.78, 5) is 4.44. The Kier molecular flexibility index (Phi) is 3.33. The van der Waals surface area contributed by atoms with Crippen molar-refractivity contribution in [3.8, 4) is 5.75 Å². The molecule has 0 aromatic heterocycles. The van der Waals surface area contributed by atoms with Crippen molar-refractivity contribution in [1.82, 2.24) is 0 Å². The largest absolute Gasteiger partial charge is 0.507 e. The summed E-state index contributed by atoms with van der Waals surface area (Å²) >= 11 is 0. The zero-order valence-electron chi connectivity index (χ0n) is 10.5. The van der Waals surface area contributed by atoms with Crippen LogP contribution >= 0.6 is 0 Å². The fraction of sp³-hybridized carbons (Fsp3) is 0.133. The molecule has 0 aliphatic rings. The molecular formula is C15H16N2O. The Bertz CT molecular complexity index is 583. The van der Waals surface area contributed by atoms with Crippen LogP contribution in [0.15, 0.2) is 41.4 Å². The van der Waals surface area contributed by atoms with Gasteiger partial charge in [0.2, 0.25) is 0 Å². The molecule has 3 heteroatoms. The second kappa shape index (κ2) is 4.92. The Hall–Kier alpha value is -2.29. The molecule has 0 aliphatic carbocycles. The average Bonchev–Trinajstić information content (AvgIpc) is 2.33. The van der Waals surface area contributed by atoms with Crippen molar-refractivity contribution >= 4 is 17.6 Å². The van der Waals surface area contributed by atoms with E-state index in [0.29, 0.717) is 11.3 Å². The molecule has 2 aromatic rings. The molecule has 0 saturated carbocycles. The highest BCUT2D eigenvalue weighted by Crippen LogP contribution is 2.24. The Morgan fingerprint density at radius 1 is 1.11 bits per heavy atom. The third-order valence-electron chi connectivity index (χ3n) is 2.82. The fourth-order valence-electron chi connectivity index (χ4n) is 1.82. The number of rotatable bonds is 2. The first-order valence-electron chi connectivity index (χ1n) is 5.76. The topological polar surface area (TPSA) is 58.6 Å². The van der Waals surface area contributed by atoms with Gasteiger partial charge in [0.1, 0.15) is 5.75 Å². The number of aliphatic imine (C=N–C) groups is 1. The molecule has 18 heavy (non-hydrogen) atoms. The van der Waals surface area contributed by atoms with Crippen LogP contribution in [0.5, 0.6) is 5.75 Å². The maximum absolute atomic E-state index is 9.70. The number of phenolic OH excluding ortho intramolecular Hbond substituents is 1. The van der Waals surface area contributed by atoms with E-state index in [4.69, 9.17) is 5.73 Å². The molecule has 92 valence electrons. The second-order valence-electron chi connectivity index (χ2n) is 4.32. The minimum atomic E-state index is 0.180. The standard InChI is InChI=1S/C15H16N2O/c1-10-4-3-5-11(2)15(10)17-9-12-8-13(16)6-7-14(12)18/h3-9,18H,16H2,1-2H3/b17-9+. The first-order valence-corrected chi connectivity index (χ1v) is 5.76. The highest BCUT2D eigenvalue weighted by molar-refractivity contribution is 5.87. The highest BCUT2D eigenvalue weighted by Gasteiger charge is 2.01. The van der Waals surface area contributed by atoms with E-state index in [-0.39, 0.29) is 5.75 Å². The minimum Gasteiger partial charge on any atom is -0.507 e. The molecule has 0 unspecified atom stereocenters. The summed E-state index contributed by atoms with van der Waals surface area (Å²) in [7, 11) is 0. The lowest BCUT2D eigenvalue weighted by atomic mass is 10.1. The van der Waals surface area contributed by atoms with Crippen LogP contribution in [0.1, 0.15) is 16.7 Å². The highest BCUT2D eigenvalue weighted by atomic mass is 16.3. The number of nitrogens with two attached hydrogens (primary N) is 1. The van der Waals surface area contributed by atoms with E-state index in [2.05, 4.69) is 4.99 Å². The summed E-state index contributed by atoms with van der Waals surface area (Å²) in [6.07, 6.45) is 1.64. The monoisotopic (exact) mass is 240 g/mol. The molecule has 0 atom stereocenters. The summed E-state index contributed by atoms with van der Waals surface area (Å²) in [6, 6.07) is 11.0. The molecule has 2 aromatic carbocycles. The predicted octanol–water partition coefficient (Wildman–Crippen LogP) is 3.34. The number of nitrogens with zero attached hydrogens (tertiary/aromatic N) is 1. The van der Waals surface area contributed by atoms with Gasteiger partial charge in [-0.15, -0.1) is 0 Å². The van der Waals surface area contributed by atoms with E-state index in [9.17, 15) is 5.11 Å². The average molecular weight is 240 g/mol. The lowest BCUT2D eigenvalue weighted by Crippen LogP contribution is -1.89. The second-order valence-corrected chi connectivity index (χ2v) is 4.32. The van der Waals surface area contributed by atoms with Gasteiger partial charge in [-0.3, -0.25) is 4.99 Å². The van der Waals surface area contributed by atoms with Crippen LogP contribution in [-0.2, 0) is 0 Å². The third kappa shape index (κ3) is 2.51. The molecule has 2 rings (SSSR count). The lowest BCUT2D eigenvalue weighted by molar-refractivity contribution is 0.474. The molecular weight excluding hydrogens is 224 g/mol. The van der Waals surface area contributed by atoms with Crippen LogP contribution in [0.2, 0.25) is 0 Å². The smallest absolute Gasteiger partial charge is 0.124 e. The summed E-state index contributed by atoms with van der Waals surface area (Å²) in [5, 5.41) is 9.70. The van der Waals surface area contributed by atoms with Crippen LogP contribution in [-0.4, -0.2) is 11.3 Å². The van der Waals surface area contributed by atoms with Gasteiger partial charge in [0.25, 0.3) is 0 Å². The molecule has 0 spiro atoms. The van der Waals surface area contributed by atoms with Crippen LogP contribution in [0.25, 0.3) is 0 Å². The minimum absolute atomic E-state index is 0.180. The van der Waals surface area contributed by atoms with Gasteiger partial charge in [0, 0.05) is 17.5 Å². The zero-order chi connectivity index (χ0) is 13.1. The van der Waals surface area contributed by atoms with Gasteiger partial charge in [0.05, 0.1) is 5.69 Å². The summed E-state index contributed by atoms with van der Waals surface area (Å²) in [6.45, 7) is 4.03. The van der Waals surface area contributed by atoms with Gasteiger partial charge in [-0.1, -0.05) is 18.2 Å². The number of nitrogen functional groups attached to an aromatic ring is 1. The first kappa shape index (κ1) is 12.2. The molecule has 0 bridgehead atoms. The van der Waals surface area contributed by atoms with Gasteiger partial charge < -0.3 is 10.8 Å².